The predicted octanol–water partition coefficient (Wildman–Crippen LogP) is 2.92. The molecule has 1 N–H and O–H groups in total. The van der Waals surface area contributed by atoms with E-state index in [0.29, 0.717) is 6.42 Å². The Balaban J connectivity index is 3.10. The van der Waals surface area contributed by atoms with Crippen LogP contribution in [0.2, 0.25) is 0 Å². The van der Waals surface area contributed by atoms with Crippen LogP contribution in [0, 0.1) is 11.7 Å². The molecule has 0 saturated heterocycles. The molecule has 0 saturated carbocycles. The summed E-state index contributed by atoms with van der Waals surface area (Å²) in [5.41, 5.74) is -0.328. The summed E-state index contributed by atoms with van der Waals surface area (Å²) in [5.74, 6) is -1.25. The number of rotatable bonds is 5. The zero-order chi connectivity index (χ0) is 15.5. The van der Waals surface area contributed by atoms with Crippen LogP contribution in [0.25, 0.3) is 0 Å². The molecule has 0 aliphatic heterocycles. The standard InChI is InChI=1S/C13H17ClFNO3S/c1-4-12(8(2)3)16-13(17)10-7-9(20(14,18)19)5-6-11(10)15/h5-8,12H,4H2,1-3H3,(H,16,17). The third-order valence-electron chi connectivity index (χ3n) is 3.03. The van der Waals surface area contributed by atoms with E-state index >= 15 is 0 Å². The predicted molar refractivity (Wildman–Crippen MR) is 75.8 cm³/mol. The Hall–Kier alpha value is -1.14. The third-order valence-corrected chi connectivity index (χ3v) is 4.38. The maximum Gasteiger partial charge on any atom is 0.261 e. The van der Waals surface area contributed by atoms with Crippen LogP contribution < -0.4 is 5.32 Å². The molecule has 1 aromatic carbocycles. The number of amides is 1. The molecule has 1 rings (SSSR count). The second-order valence-corrected chi connectivity index (χ2v) is 7.38. The minimum atomic E-state index is -4.00. The summed E-state index contributed by atoms with van der Waals surface area (Å²) in [6, 6.07) is 2.77. The Morgan fingerprint density at radius 3 is 2.45 bits per heavy atom. The summed E-state index contributed by atoms with van der Waals surface area (Å²) in [6.07, 6.45) is 0.693. The molecule has 7 heteroatoms. The molecule has 4 nitrogen and oxygen atoms in total. The van der Waals surface area contributed by atoms with E-state index in [4.69, 9.17) is 10.7 Å². The monoisotopic (exact) mass is 321 g/mol. The summed E-state index contributed by atoms with van der Waals surface area (Å²) in [4.78, 5) is 11.7. The van der Waals surface area contributed by atoms with Gasteiger partial charge in [0.1, 0.15) is 5.82 Å². The Morgan fingerprint density at radius 1 is 1.40 bits per heavy atom. The van der Waals surface area contributed by atoms with Crippen LogP contribution in [0.15, 0.2) is 23.1 Å². The summed E-state index contributed by atoms with van der Waals surface area (Å²) < 4.78 is 36.1. The fourth-order valence-electron chi connectivity index (χ4n) is 1.82. The van der Waals surface area contributed by atoms with Crippen LogP contribution in [-0.2, 0) is 9.05 Å². The molecule has 0 spiro atoms. The van der Waals surface area contributed by atoms with Crippen LogP contribution in [0.3, 0.4) is 0 Å². The molecule has 0 fully saturated rings. The number of benzene rings is 1. The Bertz CT molecular complexity index is 602. The first-order valence-corrected chi connectivity index (χ1v) is 8.52. The lowest BCUT2D eigenvalue weighted by Gasteiger charge is -2.20. The lowest BCUT2D eigenvalue weighted by atomic mass is 10.0. The second-order valence-electron chi connectivity index (χ2n) is 4.81. The average Bonchev–Trinajstić information content (AvgIpc) is 2.34. The smallest absolute Gasteiger partial charge is 0.261 e. The Morgan fingerprint density at radius 2 is 2.00 bits per heavy atom. The van der Waals surface area contributed by atoms with Crippen LogP contribution in [0.4, 0.5) is 4.39 Å². The van der Waals surface area contributed by atoms with Crippen LogP contribution in [0.5, 0.6) is 0 Å². The summed E-state index contributed by atoms with van der Waals surface area (Å²) >= 11 is 0. The van der Waals surface area contributed by atoms with E-state index in [-0.39, 0.29) is 22.4 Å². The van der Waals surface area contributed by atoms with Gasteiger partial charge in [0.05, 0.1) is 10.5 Å². The van der Waals surface area contributed by atoms with Crippen molar-refractivity contribution in [1.29, 1.82) is 0 Å². The van der Waals surface area contributed by atoms with Crippen molar-refractivity contribution >= 4 is 25.6 Å². The number of hydrogen-bond donors (Lipinski definition) is 1. The van der Waals surface area contributed by atoms with Gasteiger partial charge in [0.25, 0.3) is 15.0 Å². The minimum Gasteiger partial charge on any atom is -0.349 e. The molecule has 20 heavy (non-hydrogen) atoms. The van der Waals surface area contributed by atoms with Gasteiger partial charge in [0.2, 0.25) is 0 Å². The largest absolute Gasteiger partial charge is 0.349 e. The van der Waals surface area contributed by atoms with Gasteiger partial charge in [-0.15, -0.1) is 0 Å². The maximum absolute atomic E-state index is 13.7. The van der Waals surface area contributed by atoms with Crippen molar-refractivity contribution in [3.63, 3.8) is 0 Å². The molecular weight excluding hydrogens is 305 g/mol. The van der Waals surface area contributed by atoms with Crippen LogP contribution >= 0.6 is 10.7 Å². The third kappa shape index (κ3) is 4.18. The lowest BCUT2D eigenvalue weighted by molar-refractivity contribution is 0.0920. The SMILES string of the molecule is CCC(NC(=O)c1cc(S(=O)(=O)Cl)ccc1F)C(C)C. The van der Waals surface area contributed by atoms with E-state index in [1.807, 2.05) is 20.8 Å². The quantitative estimate of drug-likeness (QED) is 0.848. The highest BCUT2D eigenvalue weighted by molar-refractivity contribution is 8.13. The van der Waals surface area contributed by atoms with Gasteiger partial charge in [-0.2, -0.15) is 0 Å². The van der Waals surface area contributed by atoms with Crippen molar-refractivity contribution in [2.75, 3.05) is 0 Å². The zero-order valence-corrected chi connectivity index (χ0v) is 13.1. The first kappa shape index (κ1) is 16.9. The highest BCUT2D eigenvalue weighted by Crippen LogP contribution is 2.19. The van der Waals surface area contributed by atoms with E-state index in [1.54, 1.807) is 0 Å². The molecule has 1 amide bonds. The highest BCUT2D eigenvalue weighted by atomic mass is 35.7. The molecular formula is C13H17ClFNO3S. The van der Waals surface area contributed by atoms with Crippen molar-refractivity contribution in [3.05, 3.63) is 29.6 Å². The van der Waals surface area contributed by atoms with Gasteiger partial charge in [-0.3, -0.25) is 4.79 Å². The van der Waals surface area contributed by atoms with Crippen molar-refractivity contribution in [2.24, 2.45) is 5.92 Å². The molecule has 0 aliphatic rings. The fourth-order valence-corrected chi connectivity index (χ4v) is 2.59. The van der Waals surface area contributed by atoms with Crippen LogP contribution in [0.1, 0.15) is 37.6 Å². The summed E-state index contributed by atoms with van der Waals surface area (Å²) in [7, 11) is 1.19. The Labute approximate surface area is 122 Å². The van der Waals surface area contributed by atoms with E-state index in [1.165, 1.54) is 0 Å². The molecule has 112 valence electrons. The number of halogens is 2. The minimum absolute atomic E-state index is 0.113. The average molecular weight is 322 g/mol. The van der Waals surface area contributed by atoms with Crippen molar-refractivity contribution in [2.45, 2.75) is 38.1 Å². The van der Waals surface area contributed by atoms with E-state index in [2.05, 4.69) is 5.32 Å². The van der Waals surface area contributed by atoms with Gasteiger partial charge in [-0.05, 0) is 30.5 Å². The number of hydrogen-bond acceptors (Lipinski definition) is 3. The van der Waals surface area contributed by atoms with E-state index < -0.39 is 20.8 Å². The zero-order valence-electron chi connectivity index (χ0n) is 11.5. The molecule has 0 aromatic heterocycles. The molecule has 0 bridgehead atoms. The second kappa shape index (κ2) is 6.54. The van der Waals surface area contributed by atoms with E-state index in [9.17, 15) is 17.6 Å². The first-order valence-electron chi connectivity index (χ1n) is 6.21. The fraction of sp³-hybridized carbons (Fsp3) is 0.462. The summed E-state index contributed by atoms with van der Waals surface area (Å²) in [5, 5.41) is 2.69. The van der Waals surface area contributed by atoms with Gasteiger partial charge in [-0.25, -0.2) is 12.8 Å². The van der Waals surface area contributed by atoms with Crippen molar-refractivity contribution in [1.82, 2.24) is 5.32 Å². The van der Waals surface area contributed by atoms with Gasteiger partial charge < -0.3 is 5.32 Å². The van der Waals surface area contributed by atoms with Gasteiger partial charge >= 0.3 is 0 Å². The van der Waals surface area contributed by atoms with E-state index in [0.717, 1.165) is 18.2 Å². The topological polar surface area (TPSA) is 63.2 Å². The molecule has 1 unspecified atom stereocenters. The maximum atomic E-state index is 13.7. The first-order chi connectivity index (χ1) is 9.16. The highest BCUT2D eigenvalue weighted by Gasteiger charge is 2.20. The van der Waals surface area contributed by atoms with Gasteiger partial charge in [-0.1, -0.05) is 20.8 Å². The molecule has 0 radical (unpaired) electrons. The van der Waals surface area contributed by atoms with Crippen molar-refractivity contribution in [3.8, 4) is 0 Å². The molecule has 0 aliphatic carbocycles. The molecule has 1 aromatic rings. The van der Waals surface area contributed by atoms with Crippen molar-refractivity contribution < 1.29 is 17.6 Å². The number of carbonyl (C=O) groups is 1. The molecule has 1 atom stereocenters. The van der Waals surface area contributed by atoms with Gasteiger partial charge in [0, 0.05) is 16.7 Å². The molecule has 0 heterocycles. The number of nitrogens with one attached hydrogen (secondary N) is 1. The van der Waals surface area contributed by atoms with Gasteiger partial charge in [0.15, 0.2) is 0 Å². The lowest BCUT2D eigenvalue weighted by Crippen LogP contribution is -2.38. The Kier molecular flexibility index (Phi) is 5.53. The number of carbonyl (C=O) groups excluding carboxylic acids is 1. The normalized spacial score (nSPS) is 13.3. The summed E-state index contributed by atoms with van der Waals surface area (Å²) in [6.45, 7) is 5.77. The van der Waals surface area contributed by atoms with Crippen LogP contribution in [-0.4, -0.2) is 20.4 Å².